The number of carbonyl (C=O) groups excluding carboxylic acids is 1. The fraction of sp³-hybridized carbons (Fsp3) is 0.600. The molecule has 2 aliphatic rings. The van der Waals surface area contributed by atoms with E-state index in [-0.39, 0.29) is 11.8 Å². The summed E-state index contributed by atoms with van der Waals surface area (Å²) in [6, 6.07) is 0. The summed E-state index contributed by atoms with van der Waals surface area (Å²) >= 11 is 1.67. The molecule has 0 bridgehead atoms. The summed E-state index contributed by atoms with van der Waals surface area (Å²) in [5.74, 6) is 0.786. The van der Waals surface area contributed by atoms with Crippen molar-refractivity contribution in [3.63, 3.8) is 0 Å². The van der Waals surface area contributed by atoms with Crippen LogP contribution < -0.4 is 10.2 Å². The van der Waals surface area contributed by atoms with Gasteiger partial charge >= 0.3 is 0 Å². The first-order chi connectivity index (χ1) is 11.8. The number of thiazole rings is 1. The highest BCUT2D eigenvalue weighted by atomic mass is 32.1. The molecule has 4 rings (SSSR count). The molecule has 4 heterocycles. The van der Waals surface area contributed by atoms with E-state index in [0.29, 0.717) is 13.0 Å². The molecule has 8 nitrogen and oxygen atoms in total. The van der Waals surface area contributed by atoms with Crippen LogP contribution >= 0.6 is 11.3 Å². The summed E-state index contributed by atoms with van der Waals surface area (Å²) < 4.78 is 7.29. The maximum Gasteiger partial charge on any atom is 0.221 e. The van der Waals surface area contributed by atoms with Crippen LogP contribution in [-0.2, 0) is 22.6 Å². The van der Waals surface area contributed by atoms with Crippen LogP contribution in [0.1, 0.15) is 35.7 Å². The third kappa shape index (κ3) is 2.78. The zero-order valence-corrected chi connectivity index (χ0v) is 14.4. The molecule has 128 valence electrons. The van der Waals surface area contributed by atoms with Gasteiger partial charge in [-0.3, -0.25) is 4.79 Å². The summed E-state index contributed by atoms with van der Waals surface area (Å²) in [4.78, 5) is 24.7. The van der Waals surface area contributed by atoms with Gasteiger partial charge in [-0.05, 0) is 6.92 Å². The maximum atomic E-state index is 12.1. The van der Waals surface area contributed by atoms with Crippen LogP contribution in [0.15, 0.2) is 6.33 Å². The van der Waals surface area contributed by atoms with Crippen LogP contribution in [0.4, 0.5) is 5.13 Å². The number of aryl methyl sites for hydroxylation is 1. The number of hydrogen-bond acceptors (Lipinski definition) is 7. The number of hydrogen-bond donors (Lipinski definition) is 1. The largest absolute Gasteiger partial charge is 0.378 e. The van der Waals surface area contributed by atoms with Crippen molar-refractivity contribution in [3.8, 4) is 0 Å². The van der Waals surface area contributed by atoms with Gasteiger partial charge in [0.2, 0.25) is 5.91 Å². The summed E-state index contributed by atoms with van der Waals surface area (Å²) in [5, 5.41) is 8.22. The SMILES string of the molecule is CCn1ncnc1[C@H]1CC(=O)NCc2nc(N3CCOCC3)sc21. The van der Waals surface area contributed by atoms with Crippen LogP contribution in [0.3, 0.4) is 0 Å². The Morgan fingerprint density at radius 1 is 1.42 bits per heavy atom. The number of amides is 1. The highest BCUT2D eigenvalue weighted by molar-refractivity contribution is 7.15. The number of rotatable bonds is 3. The quantitative estimate of drug-likeness (QED) is 0.881. The van der Waals surface area contributed by atoms with E-state index in [4.69, 9.17) is 9.72 Å². The summed E-state index contributed by atoms with van der Waals surface area (Å²) in [5.41, 5.74) is 0.947. The first-order valence-corrected chi connectivity index (χ1v) is 9.04. The Bertz CT molecular complexity index is 736. The lowest BCUT2D eigenvalue weighted by Gasteiger charge is -2.26. The summed E-state index contributed by atoms with van der Waals surface area (Å²) in [7, 11) is 0. The van der Waals surface area contributed by atoms with E-state index < -0.39 is 0 Å². The molecule has 0 aromatic carbocycles. The highest BCUT2D eigenvalue weighted by Gasteiger charge is 2.32. The minimum absolute atomic E-state index is 0.0313. The van der Waals surface area contributed by atoms with Crippen LogP contribution in [0.5, 0.6) is 0 Å². The van der Waals surface area contributed by atoms with Gasteiger partial charge in [-0.15, -0.1) is 11.3 Å². The minimum Gasteiger partial charge on any atom is -0.378 e. The molecular formula is C15H20N6O2S. The van der Waals surface area contributed by atoms with E-state index in [9.17, 15) is 4.79 Å². The van der Waals surface area contributed by atoms with E-state index in [1.54, 1.807) is 17.7 Å². The third-order valence-corrected chi connectivity index (χ3v) is 5.69. The number of ether oxygens (including phenoxy) is 1. The van der Waals surface area contributed by atoms with Gasteiger partial charge in [-0.25, -0.2) is 14.6 Å². The first kappa shape index (κ1) is 15.5. The number of anilines is 1. The Morgan fingerprint density at radius 3 is 3.04 bits per heavy atom. The van der Waals surface area contributed by atoms with Crippen molar-refractivity contribution in [1.29, 1.82) is 0 Å². The van der Waals surface area contributed by atoms with Gasteiger partial charge in [0.05, 0.1) is 31.4 Å². The van der Waals surface area contributed by atoms with Gasteiger partial charge in [0.1, 0.15) is 12.2 Å². The lowest BCUT2D eigenvalue weighted by atomic mass is 10.0. The maximum absolute atomic E-state index is 12.1. The number of nitrogens with one attached hydrogen (secondary N) is 1. The van der Waals surface area contributed by atoms with Gasteiger partial charge in [0.15, 0.2) is 5.13 Å². The van der Waals surface area contributed by atoms with Gasteiger partial charge < -0.3 is 15.0 Å². The van der Waals surface area contributed by atoms with Crippen molar-refractivity contribution in [2.24, 2.45) is 0 Å². The topological polar surface area (TPSA) is 85.2 Å². The van der Waals surface area contributed by atoms with Crippen molar-refractivity contribution < 1.29 is 9.53 Å². The van der Waals surface area contributed by atoms with Crippen LogP contribution in [0.2, 0.25) is 0 Å². The van der Waals surface area contributed by atoms with Crippen molar-refractivity contribution in [3.05, 3.63) is 22.7 Å². The smallest absolute Gasteiger partial charge is 0.221 e. The molecule has 24 heavy (non-hydrogen) atoms. The average molecular weight is 348 g/mol. The predicted molar refractivity (Wildman–Crippen MR) is 89.1 cm³/mol. The second-order valence-corrected chi connectivity index (χ2v) is 6.88. The molecule has 0 radical (unpaired) electrons. The Balaban J connectivity index is 1.72. The van der Waals surface area contributed by atoms with Gasteiger partial charge in [0.25, 0.3) is 0 Å². The molecular weight excluding hydrogens is 328 g/mol. The highest BCUT2D eigenvalue weighted by Crippen LogP contribution is 2.38. The number of fused-ring (bicyclic) bond motifs is 1. The molecule has 2 aromatic rings. The molecule has 0 unspecified atom stereocenters. The normalized spacial score (nSPS) is 21.3. The zero-order valence-electron chi connectivity index (χ0n) is 13.6. The average Bonchev–Trinajstić information content (AvgIpc) is 3.23. The molecule has 1 amide bonds. The third-order valence-electron chi connectivity index (χ3n) is 4.41. The number of morpholine rings is 1. The number of nitrogens with zero attached hydrogens (tertiary/aromatic N) is 5. The molecule has 9 heteroatoms. The second kappa shape index (κ2) is 6.48. The predicted octanol–water partition coefficient (Wildman–Crippen LogP) is 0.743. The molecule has 1 saturated heterocycles. The summed E-state index contributed by atoms with van der Waals surface area (Å²) in [6.07, 6.45) is 1.95. The van der Waals surface area contributed by atoms with Crippen molar-refractivity contribution >= 4 is 22.4 Å². The fourth-order valence-electron chi connectivity index (χ4n) is 3.17. The Hall–Kier alpha value is -2.00. The van der Waals surface area contributed by atoms with Gasteiger partial charge in [-0.2, -0.15) is 5.10 Å². The molecule has 2 aliphatic heterocycles. The molecule has 0 aliphatic carbocycles. The van der Waals surface area contributed by atoms with E-state index in [0.717, 1.165) is 54.4 Å². The summed E-state index contributed by atoms with van der Waals surface area (Å²) in [6.45, 7) is 6.41. The Kier molecular flexibility index (Phi) is 4.19. The number of aromatic nitrogens is 4. The van der Waals surface area contributed by atoms with Crippen LogP contribution in [-0.4, -0.2) is 52.0 Å². The fourth-order valence-corrected chi connectivity index (χ4v) is 4.40. The molecule has 0 spiro atoms. The van der Waals surface area contributed by atoms with E-state index >= 15 is 0 Å². The van der Waals surface area contributed by atoms with Crippen molar-refractivity contribution in [2.75, 3.05) is 31.2 Å². The van der Waals surface area contributed by atoms with E-state index in [1.807, 2.05) is 11.6 Å². The lowest BCUT2D eigenvalue weighted by Crippen LogP contribution is -2.36. The molecule has 1 fully saturated rings. The lowest BCUT2D eigenvalue weighted by molar-refractivity contribution is -0.121. The standard InChI is InChI=1S/C15H20N6O2S/c1-2-21-14(17-9-18-21)10-7-12(22)16-8-11-13(10)24-15(19-11)20-3-5-23-6-4-20/h9-10H,2-8H2,1H3,(H,16,22)/t10-/m0/s1. The van der Waals surface area contributed by atoms with Crippen molar-refractivity contribution in [2.45, 2.75) is 32.4 Å². The Labute approximate surface area is 143 Å². The first-order valence-electron chi connectivity index (χ1n) is 8.23. The van der Waals surface area contributed by atoms with Gasteiger partial charge in [0, 0.05) is 30.9 Å². The minimum atomic E-state index is -0.0859. The molecule has 1 N–H and O–H groups in total. The van der Waals surface area contributed by atoms with Crippen LogP contribution in [0.25, 0.3) is 0 Å². The molecule has 1 atom stereocenters. The monoisotopic (exact) mass is 348 g/mol. The second-order valence-electron chi connectivity index (χ2n) is 5.87. The van der Waals surface area contributed by atoms with E-state index in [2.05, 4.69) is 20.3 Å². The number of carbonyl (C=O) groups is 1. The molecule has 0 saturated carbocycles. The van der Waals surface area contributed by atoms with E-state index in [1.165, 1.54) is 0 Å². The van der Waals surface area contributed by atoms with Crippen molar-refractivity contribution in [1.82, 2.24) is 25.1 Å². The Morgan fingerprint density at radius 2 is 2.25 bits per heavy atom. The van der Waals surface area contributed by atoms with Crippen LogP contribution in [0, 0.1) is 0 Å². The zero-order chi connectivity index (χ0) is 16.5. The van der Waals surface area contributed by atoms with Gasteiger partial charge in [-0.1, -0.05) is 0 Å². The molecule has 2 aromatic heterocycles.